The number of nitrogens with zero attached hydrogens (tertiary/aromatic N) is 2. The van der Waals surface area contributed by atoms with E-state index in [1.165, 1.54) is 7.11 Å². The van der Waals surface area contributed by atoms with Crippen molar-refractivity contribution in [2.45, 2.75) is 44.2 Å². The molecule has 0 saturated carbocycles. The lowest BCUT2D eigenvalue weighted by atomic mass is 10.1. The molecule has 2 aliphatic rings. The Bertz CT molecular complexity index is 419. The summed E-state index contributed by atoms with van der Waals surface area (Å²) in [7, 11) is 3.20. The first-order valence-corrected chi connectivity index (χ1v) is 9.22. The van der Waals surface area contributed by atoms with Gasteiger partial charge in [-0.15, -0.1) is 0 Å². The smallest absolute Gasteiger partial charge is 0.409 e. The minimum atomic E-state index is -0.245. The van der Waals surface area contributed by atoms with Gasteiger partial charge in [-0.2, -0.15) is 0 Å². The number of methoxy groups -OCH3 is 1. The molecule has 0 aromatic heterocycles. The average molecular weight is 356 g/mol. The van der Waals surface area contributed by atoms with Crippen LogP contribution in [0.15, 0.2) is 4.99 Å². The van der Waals surface area contributed by atoms with Crippen LogP contribution >= 0.6 is 0 Å². The molecule has 144 valence electrons. The van der Waals surface area contributed by atoms with E-state index in [0.717, 1.165) is 64.4 Å². The first-order valence-electron chi connectivity index (χ1n) is 9.22. The zero-order valence-corrected chi connectivity index (χ0v) is 15.5. The number of nitrogens with one attached hydrogen (secondary N) is 2. The summed E-state index contributed by atoms with van der Waals surface area (Å²) >= 11 is 0. The second kappa shape index (κ2) is 11.1. The Kier molecular flexibility index (Phi) is 8.82. The molecule has 2 heterocycles. The number of ether oxygens (including phenoxy) is 3. The Morgan fingerprint density at radius 3 is 2.60 bits per heavy atom. The molecule has 2 saturated heterocycles. The van der Waals surface area contributed by atoms with Crippen molar-refractivity contribution in [3.05, 3.63) is 0 Å². The lowest BCUT2D eigenvalue weighted by Crippen LogP contribution is -2.49. The maximum atomic E-state index is 11.5. The van der Waals surface area contributed by atoms with E-state index in [4.69, 9.17) is 14.2 Å². The predicted octanol–water partition coefficient (Wildman–Crippen LogP) is 0.968. The number of carbonyl (C=O) groups is 1. The number of hydrogen-bond acceptors (Lipinski definition) is 5. The molecule has 0 atom stereocenters. The van der Waals surface area contributed by atoms with Crippen LogP contribution < -0.4 is 10.6 Å². The van der Waals surface area contributed by atoms with E-state index in [0.29, 0.717) is 25.2 Å². The Morgan fingerprint density at radius 1 is 1.24 bits per heavy atom. The van der Waals surface area contributed by atoms with Gasteiger partial charge in [-0.25, -0.2) is 4.79 Å². The van der Waals surface area contributed by atoms with Crippen LogP contribution in [0.5, 0.6) is 0 Å². The summed E-state index contributed by atoms with van der Waals surface area (Å²) in [6.45, 7) is 4.62. The Balaban J connectivity index is 1.55. The molecule has 0 aromatic carbocycles. The zero-order chi connectivity index (χ0) is 17.9. The van der Waals surface area contributed by atoms with E-state index in [1.54, 1.807) is 11.9 Å². The summed E-state index contributed by atoms with van der Waals surface area (Å²) in [6, 6.07) is 0.325. The summed E-state index contributed by atoms with van der Waals surface area (Å²) in [6.07, 6.45) is 4.84. The van der Waals surface area contributed by atoms with Crippen molar-refractivity contribution in [2.24, 2.45) is 4.99 Å². The molecule has 0 spiro atoms. The van der Waals surface area contributed by atoms with Gasteiger partial charge in [0.1, 0.15) is 0 Å². The summed E-state index contributed by atoms with van der Waals surface area (Å²) in [5, 5.41) is 6.75. The highest BCUT2D eigenvalue weighted by atomic mass is 16.5. The average Bonchev–Trinajstić information content (AvgIpc) is 2.67. The summed E-state index contributed by atoms with van der Waals surface area (Å²) in [4.78, 5) is 17.5. The van der Waals surface area contributed by atoms with Gasteiger partial charge in [-0.1, -0.05) is 0 Å². The van der Waals surface area contributed by atoms with Crippen molar-refractivity contribution in [3.8, 4) is 0 Å². The van der Waals surface area contributed by atoms with Gasteiger partial charge in [0.05, 0.1) is 13.2 Å². The summed E-state index contributed by atoms with van der Waals surface area (Å²) in [5.41, 5.74) is 0. The van der Waals surface area contributed by atoms with Gasteiger partial charge < -0.3 is 29.7 Å². The highest BCUT2D eigenvalue weighted by Gasteiger charge is 2.23. The number of piperidine rings is 1. The molecule has 0 bridgehead atoms. The molecule has 0 radical (unpaired) electrons. The summed E-state index contributed by atoms with van der Waals surface area (Å²) in [5.74, 6) is 0.808. The van der Waals surface area contributed by atoms with E-state index in [-0.39, 0.29) is 6.09 Å². The third kappa shape index (κ3) is 7.07. The maximum Gasteiger partial charge on any atom is 0.409 e. The Labute approximate surface area is 150 Å². The molecule has 2 fully saturated rings. The van der Waals surface area contributed by atoms with Crippen molar-refractivity contribution in [1.82, 2.24) is 15.5 Å². The molecule has 0 aliphatic carbocycles. The summed E-state index contributed by atoms with van der Waals surface area (Å²) < 4.78 is 15.9. The lowest BCUT2D eigenvalue weighted by molar-refractivity contribution is -0.0320. The Morgan fingerprint density at radius 2 is 1.96 bits per heavy atom. The second-order valence-corrected chi connectivity index (χ2v) is 6.41. The standard InChI is InChI=1S/C17H32N4O4/c1-18-16(19-8-3-11-25-15-6-12-24-13-7-15)20-14-4-9-21(10-5-14)17(22)23-2/h14-15H,3-13H2,1-2H3,(H2,18,19,20). The molecule has 8 heteroatoms. The fourth-order valence-electron chi connectivity index (χ4n) is 3.10. The van der Waals surface area contributed by atoms with Gasteiger partial charge in [0.2, 0.25) is 0 Å². The second-order valence-electron chi connectivity index (χ2n) is 6.41. The van der Waals surface area contributed by atoms with Crippen LogP contribution in [-0.2, 0) is 14.2 Å². The van der Waals surface area contributed by atoms with E-state index < -0.39 is 0 Å². The highest BCUT2D eigenvalue weighted by molar-refractivity contribution is 5.80. The third-order valence-corrected chi connectivity index (χ3v) is 4.63. The molecule has 8 nitrogen and oxygen atoms in total. The molecule has 0 unspecified atom stereocenters. The normalized spacial score (nSPS) is 20.4. The highest BCUT2D eigenvalue weighted by Crippen LogP contribution is 2.11. The Hall–Kier alpha value is -1.54. The molecule has 25 heavy (non-hydrogen) atoms. The molecule has 0 aromatic rings. The van der Waals surface area contributed by atoms with Crippen LogP contribution in [0.1, 0.15) is 32.1 Å². The van der Waals surface area contributed by atoms with Crippen LogP contribution in [0.4, 0.5) is 4.79 Å². The van der Waals surface area contributed by atoms with Gasteiger partial charge >= 0.3 is 6.09 Å². The SMILES string of the molecule is CN=C(NCCCOC1CCOCC1)NC1CCN(C(=O)OC)CC1. The number of likely N-dealkylation sites (tertiary alicyclic amines) is 1. The monoisotopic (exact) mass is 356 g/mol. The quantitative estimate of drug-likeness (QED) is 0.419. The van der Waals surface area contributed by atoms with Crippen LogP contribution in [-0.4, -0.2) is 82.7 Å². The van der Waals surface area contributed by atoms with Gasteiger partial charge in [0, 0.05) is 52.5 Å². The molecule has 2 N–H and O–H groups in total. The number of guanidine groups is 1. The third-order valence-electron chi connectivity index (χ3n) is 4.63. The lowest BCUT2D eigenvalue weighted by Gasteiger charge is -2.32. The first kappa shape index (κ1) is 19.8. The van der Waals surface area contributed by atoms with Gasteiger partial charge in [0.15, 0.2) is 5.96 Å². The largest absolute Gasteiger partial charge is 0.453 e. The van der Waals surface area contributed by atoms with E-state index in [1.807, 2.05) is 0 Å². The van der Waals surface area contributed by atoms with E-state index in [9.17, 15) is 4.79 Å². The van der Waals surface area contributed by atoms with Gasteiger partial charge in [0.25, 0.3) is 0 Å². The number of hydrogen-bond donors (Lipinski definition) is 2. The number of amides is 1. The van der Waals surface area contributed by atoms with Crippen LogP contribution in [0.2, 0.25) is 0 Å². The topological polar surface area (TPSA) is 84.4 Å². The molecule has 2 aliphatic heterocycles. The molecular formula is C17H32N4O4. The predicted molar refractivity (Wildman–Crippen MR) is 95.9 cm³/mol. The minimum absolute atomic E-state index is 0.245. The minimum Gasteiger partial charge on any atom is -0.453 e. The van der Waals surface area contributed by atoms with E-state index in [2.05, 4.69) is 15.6 Å². The van der Waals surface area contributed by atoms with Crippen molar-refractivity contribution >= 4 is 12.1 Å². The fraction of sp³-hybridized carbons (Fsp3) is 0.882. The van der Waals surface area contributed by atoms with Crippen LogP contribution in [0.25, 0.3) is 0 Å². The van der Waals surface area contributed by atoms with Crippen molar-refractivity contribution < 1.29 is 19.0 Å². The van der Waals surface area contributed by atoms with Crippen molar-refractivity contribution in [1.29, 1.82) is 0 Å². The van der Waals surface area contributed by atoms with Gasteiger partial charge in [-0.05, 0) is 32.1 Å². The zero-order valence-electron chi connectivity index (χ0n) is 15.5. The van der Waals surface area contributed by atoms with Crippen LogP contribution in [0, 0.1) is 0 Å². The molecular weight excluding hydrogens is 324 g/mol. The van der Waals surface area contributed by atoms with Crippen LogP contribution in [0.3, 0.4) is 0 Å². The van der Waals surface area contributed by atoms with Crippen molar-refractivity contribution in [2.75, 3.05) is 53.6 Å². The van der Waals surface area contributed by atoms with E-state index >= 15 is 0 Å². The fourth-order valence-corrected chi connectivity index (χ4v) is 3.10. The van der Waals surface area contributed by atoms with Crippen molar-refractivity contribution in [3.63, 3.8) is 0 Å². The van der Waals surface area contributed by atoms with Gasteiger partial charge in [-0.3, -0.25) is 4.99 Å². The number of carbonyl (C=O) groups excluding carboxylic acids is 1. The number of aliphatic imine (C=N–C) groups is 1. The molecule has 2 rings (SSSR count). The molecule has 1 amide bonds. The maximum absolute atomic E-state index is 11.5. The first-order chi connectivity index (χ1) is 12.2. The number of rotatable bonds is 6.